The number of hydrogen-bond acceptors (Lipinski definition) is 2. The van der Waals surface area contributed by atoms with Crippen LogP contribution >= 0.6 is 11.8 Å². The summed E-state index contributed by atoms with van der Waals surface area (Å²) in [4.78, 5) is 0.842. The van der Waals surface area contributed by atoms with Gasteiger partial charge in [0.25, 0.3) is 0 Å². The highest BCUT2D eigenvalue weighted by Crippen LogP contribution is 2.17. The first-order valence-electron chi connectivity index (χ1n) is 3.20. The molecule has 0 unspecified atom stereocenters. The van der Waals surface area contributed by atoms with E-state index >= 15 is 0 Å². The minimum absolute atomic E-state index is 0.106. The highest BCUT2D eigenvalue weighted by atomic mass is 32.2. The van der Waals surface area contributed by atoms with Gasteiger partial charge in [-0.1, -0.05) is 0 Å². The van der Waals surface area contributed by atoms with Crippen molar-refractivity contribution in [3.05, 3.63) is 29.6 Å². The predicted octanol–water partition coefficient (Wildman–Crippen LogP) is 2.04. The molecule has 3 heteroatoms. The van der Waals surface area contributed by atoms with E-state index in [1.165, 1.54) is 23.9 Å². The topological polar surface area (TPSA) is 20.2 Å². The van der Waals surface area contributed by atoms with Crippen molar-refractivity contribution >= 4 is 11.8 Å². The summed E-state index contributed by atoms with van der Waals surface area (Å²) >= 11 is 1.46. The van der Waals surface area contributed by atoms with Crippen LogP contribution < -0.4 is 0 Å². The zero-order chi connectivity index (χ0) is 8.27. The highest BCUT2D eigenvalue weighted by molar-refractivity contribution is 7.98. The third-order valence-corrected chi connectivity index (χ3v) is 2.06. The molecule has 0 atom stereocenters. The molecule has 0 aliphatic carbocycles. The predicted molar refractivity (Wildman–Crippen MR) is 44.1 cm³/mol. The fourth-order valence-electron chi connectivity index (χ4n) is 0.830. The van der Waals surface area contributed by atoms with Gasteiger partial charge in [-0.25, -0.2) is 4.39 Å². The van der Waals surface area contributed by atoms with Crippen molar-refractivity contribution in [3.8, 4) is 0 Å². The van der Waals surface area contributed by atoms with Crippen LogP contribution in [0.2, 0.25) is 0 Å². The summed E-state index contributed by atoms with van der Waals surface area (Å²) in [5, 5.41) is 8.71. The van der Waals surface area contributed by atoms with Crippen LogP contribution in [0.1, 0.15) is 5.56 Å². The lowest BCUT2D eigenvalue weighted by Crippen LogP contribution is -1.85. The van der Waals surface area contributed by atoms with Crippen molar-refractivity contribution in [2.45, 2.75) is 11.5 Å². The Morgan fingerprint density at radius 1 is 1.45 bits per heavy atom. The second-order valence-corrected chi connectivity index (χ2v) is 3.04. The van der Waals surface area contributed by atoms with Gasteiger partial charge in [-0.3, -0.25) is 0 Å². The summed E-state index contributed by atoms with van der Waals surface area (Å²) in [5.41, 5.74) is 0.620. The van der Waals surface area contributed by atoms with Gasteiger partial charge in [0, 0.05) is 4.90 Å². The second kappa shape index (κ2) is 3.74. The zero-order valence-corrected chi connectivity index (χ0v) is 6.99. The van der Waals surface area contributed by atoms with Gasteiger partial charge in [0.05, 0.1) is 6.61 Å². The summed E-state index contributed by atoms with van der Waals surface area (Å²) < 4.78 is 12.7. The number of thioether (sulfide) groups is 1. The lowest BCUT2D eigenvalue weighted by atomic mass is 10.2. The minimum atomic E-state index is -0.291. The molecule has 0 aliphatic heterocycles. The molecule has 1 aromatic rings. The van der Waals surface area contributed by atoms with Crippen LogP contribution in [0.15, 0.2) is 23.1 Å². The summed E-state index contributed by atoms with van der Waals surface area (Å²) in [6, 6.07) is 4.55. The fourth-order valence-corrected chi connectivity index (χ4v) is 1.33. The molecule has 60 valence electrons. The quantitative estimate of drug-likeness (QED) is 0.689. The average molecular weight is 172 g/mol. The Kier molecular flexibility index (Phi) is 2.91. The van der Waals surface area contributed by atoms with Crippen molar-refractivity contribution in [2.75, 3.05) is 6.26 Å². The van der Waals surface area contributed by atoms with Crippen LogP contribution in [0.25, 0.3) is 0 Å². The number of aliphatic hydroxyl groups excluding tert-OH is 1. The third-order valence-electron chi connectivity index (χ3n) is 1.35. The Morgan fingerprint density at radius 3 is 2.73 bits per heavy atom. The van der Waals surface area contributed by atoms with Gasteiger partial charge in [-0.2, -0.15) is 0 Å². The molecule has 0 saturated carbocycles. The van der Waals surface area contributed by atoms with Crippen LogP contribution in [-0.2, 0) is 6.61 Å². The van der Waals surface area contributed by atoms with Gasteiger partial charge in [0.1, 0.15) is 5.82 Å². The SMILES string of the molecule is CSc1cc(F)cc(CO)c1. The van der Waals surface area contributed by atoms with Gasteiger partial charge in [-0.15, -0.1) is 11.8 Å². The second-order valence-electron chi connectivity index (χ2n) is 2.16. The average Bonchev–Trinajstić information content (AvgIpc) is 2.03. The Hall–Kier alpha value is -0.540. The molecule has 1 nitrogen and oxygen atoms in total. The number of halogens is 1. The number of rotatable bonds is 2. The van der Waals surface area contributed by atoms with E-state index in [0.29, 0.717) is 5.56 Å². The molecule has 1 N–H and O–H groups in total. The van der Waals surface area contributed by atoms with E-state index in [4.69, 9.17) is 5.11 Å². The van der Waals surface area contributed by atoms with Gasteiger partial charge >= 0.3 is 0 Å². The maximum absolute atomic E-state index is 12.7. The molecule has 11 heavy (non-hydrogen) atoms. The van der Waals surface area contributed by atoms with Crippen molar-refractivity contribution in [1.82, 2.24) is 0 Å². The highest BCUT2D eigenvalue weighted by Gasteiger charge is 1.97. The molecule has 0 fully saturated rings. The Bertz CT molecular complexity index is 228. The normalized spacial score (nSPS) is 10.1. The van der Waals surface area contributed by atoms with E-state index in [-0.39, 0.29) is 12.4 Å². The van der Waals surface area contributed by atoms with E-state index in [1.807, 2.05) is 6.26 Å². The first kappa shape index (κ1) is 8.56. The smallest absolute Gasteiger partial charge is 0.124 e. The van der Waals surface area contributed by atoms with Gasteiger partial charge in [0.15, 0.2) is 0 Å². The van der Waals surface area contributed by atoms with Crippen LogP contribution in [0.3, 0.4) is 0 Å². The summed E-state index contributed by atoms with van der Waals surface area (Å²) in [5.74, 6) is -0.291. The standard InChI is InChI=1S/C8H9FOS/c1-11-8-3-6(5-10)2-7(9)4-8/h2-4,10H,5H2,1H3. The molecular formula is C8H9FOS. The van der Waals surface area contributed by atoms with Crippen LogP contribution in [0, 0.1) is 5.82 Å². The molecule has 0 amide bonds. The summed E-state index contributed by atoms with van der Waals surface area (Å²) in [7, 11) is 0. The van der Waals surface area contributed by atoms with Gasteiger partial charge in [0.2, 0.25) is 0 Å². The lowest BCUT2D eigenvalue weighted by molar-refractivity contribution is 0.281. The van der Waals surface area contributed by atoms with E-state index in [1.54, 1.807) is 6.07 Å². The molecule has 0 saturated heterocycles. The maximum atomic E-state index is 12.7. The van der Waals surface area contributed by atoms with Crippen LogP contribution in [-0.4, -0.2) is 11.4 Å². The number of benzene rings is 1. The van der Waals surface area contributed by atoms with Crippen molar-refractivity contribution < 1.29 is 9.50 Å². The fraction of sp³-hybridized carbons (Fsp3) is 0.250. The summed E-state index contributed by atoms with van der Waals surface area (Å²) in [6.45, 7) is -0.106. The minimum Gasteiger partial charge on any atom is -0.392 e. The monoisotopic (exact) mass is 172 g/mol. The van der Waals surface area contributed by atoms with Crippen LogP contribution in [0.4, 0.5) is 4.39 Å². The van der Waals surface area contributed by atoms with E-state index in [0.717, 1.165) is 4.90 Å². The van der Waals surface area contributed by atoms with Crippen molar-refractivity contribution in [1.29, 1.82) is 0 Å². The van der Waals surface area contributed by atoms with Crippen molar-refractivity contribution in [3.63, 3.8) is 0 Å². The molecule has 0 radical (unpaired) electrons. The number of hydrogen-bond donors (Lipinski definition) is 1. The number of aliphatic hydroxyl groups is 1. The zero-order valence-electron chi connectivity index (χ0n) is 6.17. The first-order chi connectivity index (χ1) is 5.26. The lowest BCUT2D eigenvalue weighted by Gasteiger charge is -1.99. The van der Waals surface area contributed by atoms with Crippen LogP contribution in [0.5, 0.6) is 0 Å². The molecular weight excluding hydrogens is 163 g/mol. The Morgan fingerprint density at radius 2 is 2.18 bits per heavy atom. The summed E-state index contributed by atoms with van der Waals surface area (Å²) in [6.07, 6.45) is 1.87. The first-order valence-corrected chi connectivity index (χ1v) is 4.43. The third kappa shape index (κ3) is 2.20. The Balaban J connectivity index is 3.02. The maximum Gasteiger partial charge on any atom is 0.124 e. The van der Waals surface area contributed by atoms with Gasteiger partial charge < -0.3 is 5.11 Å². The Labute approximate surface area is 69.2 Å². The van der Waals surface area contributed by atoms with Gasteiger partial charge in [-0.05, 0) is 30.0 Å². The molecule has 1 aromatic carbocycles. The molecule has 0 aliphatic rings. The van der Waals surface area contributed by atoms with E-state index < -0.39 is 0 Å². The molecule has 0 bridgehead atoms. The van der Waals surface area contributed by atoms with Crippen molar-refractivity contribution in [2.24, 2.45) is 0 Å². The molecule has 0 spiro atoms. The van der Waals surface area contributed by atoms with E-state index in [9.17, 15) is 4.39 Å². The molecule has 1 rings (SSSR count). The largest absolute Gasteiger partial charge is 0.392 e. The molecule has 0 heterocycles. The van der Waals surface area contributed by atoms with E-state index in [2.05, 4.69) is 0 Å². The molecule has 0 aromatic heterocycles.